The van der Waals surface area contributed by atoms with Crippen molar-refractivity contribution in [3.63, 3.8) is 0 Å². The Balaban J connectivity index is 2.50. The molecule has 1 amide bonds. The fourth-order valence-electron chi connectivity index (χ4n) is 1.96. The summed E-state index contributed by atoms with van der Waals surface area (Å²) < 4.78 is 0. The Morgan fingerprint density at radius 3 is 2.88 bits per heavy atom. The van der Waals surface area contributed by atoms with Crippen LogP contribution in [0.1, 0.15) is 20.3 Å². The molecular weight excluding hydrogens is 224 g/mol. The smallest absolute Gasteiger partial charge is 0.226 e. The Kier molecular flexibility index (Phi) is 3.06. The summed E-state index contributed by atoms with van der Waals surface area (Å²) in [6.45, 7) is 4.96. The summed E-state index contributed by atoms with van der Waals surface area (Å²) in [5.74, 6) is 0.0255. The van der Waals surface area contributed by atoms with Gasteiger partial charge in [0.25, 0.3) is 0 Å². The van der Waals surface area contributed by atoms with E-state index in [1.807, 2.05) is 12.1 Å². The zero-order chi connectivity index (χ0) is 11.7. The number of anilines is 2. The minimum Gasteiger partial charge on any atom is -0.367 e. The van der Waals surface area contributed by atoms with Gasteiger partial charge in [-0.05, 0) is 26.0 Å². The highest BCUT2D eigenvalue weighted by atomic mass is 35.5. The standard InChI is InChI=1S/C12H15ClN2O/c1-8(2)15-7-6-11(16)14-12-9(13)4-3-5-10(12)15/h3-5,8H,6-7H2,1-2H3,(H,14,16). The molecule has 1 aliphatic heterocycles. The van der Waals surface area contributed by atoms with E-state index in [4.69, 9.17) is 11.6 Å². The van der Waals surface area contributed by atoms with Gasteiger partial charge >= 0.3 is 0 Å². The van der Waals surface area contributed by atoms with Gasteiger partial charge < -0.3 is 10.2 Å². The molecular formula is C12H15ClN2O. The van der Waals surface area contributed by atoms with Crippen molar-refractivity contribution in [2.45, 2.75) is 26.3 Å². The monoisotopic (exact) mass is 238 g/mol. The summed E-state index contributed by atoms with van der Waals surface area (Å²) in [5, 5.41) is 3.46. The van der Waals surface area contributed by atoms with Crippen LogP contribution >= 0.6 is 11.6 Å². The van der Waals surface area contributed by atoms with E-state index < -0.39 is 0 Å². The van der Waals surface area contributed by atoms with Crippen molar-refractivity contribution in [2.75, 3.05) is 16.8 Å². The van der Waals surface area contributed by atoms with Crippen LogP contribution in [0.25, 0.3) is 0 Å². The second-order valence-corrected chi connectivity index (χ2v) is 4.63. The highest BCUT2D eigenvalue weighted by molar-refractivity contribution is 6.34. The Hall–Kier alpha value is -1.22. The summed E-state index contributed by atoms with van der Waals surface area (Å²) in [5.41, 5.74) is 1.74. The molecule has 2 rings (SSSR count). The van der Waals surface area contributed by atoms with E-state index in [2.05, 4.69) is 24.1 Å². The van der Waals surface area contributed by atoms with Crippen LogP contribution in [0.15, 0.2) is 18.2 Å². The highest BCUT2D eigenvalue weighted by Crippen LogP contribution is 2.35. The average Bonchev–Trinajstić information content (AvgIpc) is 2.38. The molecule has 0 unspecified atom stereocenters. The van der Waals surface area contributed by atoms with E-state index in [-0.39, 0.29) is 5.91 Å². The summed E-state index contributed by atoms with van der Waals surface area (Å²) >= 11 is 6.11. The molecule has 1 aromatic rings. The van der Waals surface area contributed by atoms with Crippen molar-refractivity contribution in [3.05, 3.63) is 23.2 Å². The average molecular weight is 239 g/mol. The van der Waals surface area contributed by atoms with Crippen LogP contribution in [0, 0.1) is 0 Å². The summed E-state index contributed by atoms with van der Waals surface area (Å²) in [6.07, 6.45) is 0.503. The van der Waals surface area contributed by atoms with E-state index in [0.717, 1.165) is 17.9 Å². The second-order valence-electron chi connectivity index (χ2n) is 4.22. The first-order valence-electron chi connectivity index (χ1n) is 5.44. The van der Waals surface area contributed by atoms with E-state index in [9.17, 15) is 4.79 Å². The number of nitrogens with one attached hydrogen (secondary N) is 1. The van der Waals surface area contributed by atoms with Crippen LogP contribution in [-0.2, 0) is 4.79 Å². The molecule has 0 aromatic heterocycles. The third kappa shape index (κ3) is 2.00. The number of halogens is 1. The first-order valence-corrected chi connectivity index (χ1v) is 5.82. The Morgan fingerprint density at radius 1 is 1.44 bits per heavy atom. The maximum Gasteiger partial charge on any atom is 0.226 e. The molecule has 1 aromatic carbocycles. The van der Waals surface area contributed by atoms with Crippen LogP contribution < -0.4 is 10.2 Å². The van der Waals surface area contributed by atoms with Gasteiger partial charge in [0.15, 0.2) is 0 Å². The number of hydrogen-bond donors (Lipinski definition) is 1. The lowest BCUT2D eigenvalue weighted by Crippen LogP contribution is -2.31. The maximum atomic E-state index is 11.6. The number of amides is 1. The number of carbonyl (C=O) groups excluding carboxylic acids is 1. The van der Waals surface area contributed by atoms with Crippen LogP contribution in [0.4, 0.5) is 11.4 Å². The summed E-state index contributed by atoms with van der Waals surface area (Å²) in [4.78, 5) is 13.8. The minimum atomic E-state index is 0.0255. The number of carbonyl (C=O) groups is 1. The SMILES string of the molecule is CC(C)N1CCC(=O)Nc2c(Cl)cccc21. The van der Waals surface area contributed by atoms with Gasteiger partial charge in [-0.2, -0.15) is 0 Å². The van der Waals surface area contributed by atoms with Crippen LogP contribution in [0.5, 0.6) is 0 Å². The van der Waals surface area contributed by atoms with Gasteiger partial charge in [0.05, 0.1) is 16.4 Å². The molecule has 0 saturated heterocycles. The minimum absolute atomic E-state index is 0.0255. The molecule has 0 saturated carbocycles. The van der Waals surface area contributed by atoms with Gasteiger partial charge in [-0.25, -0.2) is 0 Å². The lowest BCUT2D eigenvalue weighted by Gasteiger charge is -2.28. The second kappa shape index (κ2) is 4.34. The van der Waals surface area contributed by atoms with Crippen molar-refractivity contribution in [1.82, 2.24) is 0 Å². The molecule has 1 heterocycles. The van der Waals surface area contributed by atoms with Gasteiger partial charge in [0.2, 0.25) is 5.91 Å². The maximum absolute atomic E-state index is 11.6. The number of hydrogen-bond acceptors (Lipinski definition) is 2. The number of para-hydroxylation sites is 1. The number of benzene rings is 1. The van der Waals surface area contributed by atoms with Gasteiger partial charge in [-0.3, -0.25) is 4.79 Å². The quantitative estimate of drug-likeness (QED) is 0.816. The number of rotatable bonds is 1. The van der Waals surface area contributed by atoms with E-state index in [0.29, 0.717) is 17.5 Å². The predicted molar refractivity (Wildman–Crippen MR) is 67.2 cm³/mol. The molecule has 0 spiro atoms. The normalized spacial score (nSPS) is 15.8. The molecule has 4 heteroatoms. The van der Waals surface area contributed by atoms with Crippen LogP contribution in [0.2, 0.25) is 5.02 Å². The third-order valence-corrected chi connectivity index (χ3v) is 3.08. The highest BCUT2D eigenvalue weighted by Gasteiger charge is 2.22. The van der Waals surface area contributed by atoms with Gasteiger partial charge in [0, 0.05) is 19.0 Å². The third-order valence-electron chi connectivity index (χ3n) is 2.77. The lowest BCUT2D eigenvalue weighted by atomic mass is 10.2. The molecule has 16 heavy (non-hydrogen) atoms. The molecule has 86 valence electrons. The van der Waals surface area contributed by atoms with E-state index in [1.165, 1.54) is 0 Å². The van der Waals surface area contributed by atoms with Gasteiger partial charge in [-0.15, -0.1) is 0 Å². The summed E-state index contributed by atoms with van der Waals surface area (Å²) in [7, 11) is 0. The van der Waals surface area contributed by atoms with Gasteiger partial charge in [-0.1, -0.05) is 17.7 Å². The Labute approximate surface area is 100 Å². The predicted octanol–water partition coefficient (Wildman–Crippen LogP) is 2.90. The van der Waals surface area contributed by atoms with Crippen molar-refractivity contribution >= 4 is 28.9 Å². The van der Waals surface area contributed by atoms with E-state index in [1.54, 1.807) is 6.07 Å². The summed E-state index contributed by atoms with van der Waals surface area (Å²) in [6, 6.07) is 6.05. The molecule has 0 aliphatic carbocycles. The van der Waals surface area contributed by atoms with Crippen LogP contribution in [-0.4, -0.2) is 18.5 Å². The zero-order valence-electron chi connectivity index (χ0n) is 9.46. The largest absolute Gasteiger partial charge is 0.367 e. The Morgan fingerprint density at radius 2 is 2.19 bits per heavy atom. The van der Waals surface area contributed by atoms with Crippen molar-refractivity contribution < 1.29 is 4.79 Å². The first kappa shape index (κ1) is 11.3. The molecule has 0 fully saturated rings. The molecule has 0 radical (unpaired) electrons. The fraction of sp³-hybridized carbons (Fsp3) is 0.417. The van der Waals surface area contributed by atoms with Crippen molar-refractivity contribution in [1.29, 1.82) is 0 Å². The number of fused-ring (bicyclic) bond motifs is 1. The number of nitrogens with zero attached hydrogens (tertiary/aromatic N) is 1. The Bertz CT molecular complexity index is 417. The zero-order valence-corrected chi connectivity index (χ0v) is 10.2. The van der Waals surface area contributed by atoms with Crippen molar-refractivity contribution in [2.24, 2.45) is 0 Å². The first-order chi connectivity index (χ1) is 7.59. The van der Waals surface area contributed by atoms with E-state index >= 15 is 0 Å². The molecule has 1 N–H and O–H groups in total. The molecule has 0 bridgehead atoms. The topological polar surface area (TPSA) is 32.3 Å². The molecule has 1 aliphatic rings. The fourth-order valence-corrected chi connectivity index (χ4v) is 2.17. The molecule has 3 nitrogen and oxygen atoms in total. The molecule has 0 atom stereocenters. The van der Waals surface area contributed by atoms with Gasteiger partial charge in [0.1, 0.15) is 0 Å². The van der Waals surface area contributed by atoms with Crippen molar-refractivity contribution in [3.8, 4) is 0 Å². The van der Waals surface area contributed by atoms with Crippen LogP contribution in [0.3, 0.4) is 0 Å². The lowest BCUT2D eigenvalue weighted by molar-refractivity contribution is -0.115.